The minimum atomic E-state index is -0.000651. The Morgan fingerprint density at radius 1 is 1.50 bits per heavy atom. The average Bonchev–Trinajstić information content (AvgIpc) is 2.38. The second kappa shape index (κ2) is 6.97. The second-order valence-electron chi connectivity index (χ2n) is 4.61. The molecule has 0 aromatic carbocycles. The minimum Gasteiger partial charge on any atom is -0.358 e. The monoisotopic (exact) mass is 246 g/mol. The van der Waals surface area contributed by atoms with Gasteiger partial charge in [0, 0.05) is 31.4 Å². The van der Waals surface area contributed by atoms with E-state index in [2.05, 4.69) is 41.2 Å². The first-order valence-corrected chi connectivity index (χ1v) is 6.39. The van der Waals surface area contributed by atoms with Crippen molar-refractivity contribution in [2.75, 3.05) is 25.0 Å². The van der Waals surface area contributed by atoms with Crippen LogP contribution < -0.4 is 10.2 Å². The van der Waals surface area contributed by atoms with Crippen molar-refractivity contribution in [2.45, 2.75) is 26.8 Å². The summed E-state index contributed by atoms with van der Waals surface area (Å²) in [6.07, 6.45) is 1.80. The van der Waals surface area contributed by atoms with E-state index >= 15 is 0 Å². The zero-order chi connectivity index (χ0) is 13.5. The predicted molar refractivity (Wildman–Crippen MR) is 74.4 cm³/mol. The fourth-order valence-electron chi connectivity index (χ4n) is 2.02. The van der Waals surface area contributed by atoms with Gasteiger partial charge in [0.05, 0.1) is 12.0 Å². The predicted octanol–water partition coefficient (Wildman–Crippen LogP) is 2.35. The largest absolute Gasteiger partial charge is 0.358 e. The Morgan fingerprint density at radius 2 is 2.22 bits per heavy atom. The Labute approximate surface area is 110 Å². The maximum absolute atomic E-state index is 8.88. The molecule has 2 atom stereocenters. The molecule has 0 saturated carbocycles. The molecule has 0 bridgehead atoms. The third-order valence-corrected chi connectivity index (χ3v) is 2.92. The highest BCUT2D eigenvalue weighted by Crippen LogP contribution is 2.23. The van der Waals surface area contributed by atoms with Gasteiger partial charge in [-0.15, -0.1) is 0 Å². The summed E-state index contributed by atoms with van der Waals surface area (Å²) in [6.45, 7) is 7.76. The number of hydrogen-bond acceptors (Lipinski definition) is 4. The standard InChI is InChI=1S/C14H22N4/c1-5-16-12(3)13-7-6-8-17-14(13)18(4)10-11(2)9-15/h6-8,11-12,16H,5,10H2,1-4H3. The van der Waals surface area contributed by atoms with Gasteiger partial charge in [0.15, 0.2) is 0 Å². The van der Waals surface area contributed by atoms with Crippen LogP contribution in [0.25, 0.3) is 0 Å². The molecule has 1 N–H and O–H groups in total. The molecule has 18 heavy (non-hydrogen) atoms. The van der Waals surface area contributed by atoms with Gasteiger partial charge < -0.3 is 10.2 Å². The molecule has 0 saturated heterocycles. The minimum absolute atomic E-state index is 0.000651. The number of nitriles is 1. The van der Waals surface area contributed by atoms with E-state index < -0.39 is 0 Å². The third-order valence-electron chi connectivity index (χ3n) is 2.92. The zero-order valence-electron chi connectivity index (χ0n) is 11.6. The molecule has 0 spiro atoms. The Kier molecular flexibility index (Phi) is 5.60. The lowest BCUT2D eigenvalue weighted by atomic mass is 10.1. The molecule has 0 amide bonds. The van der Waals surface area contributed by atoms with E-state index in [1.54, 1.807) is 6.20 Å². The van der Waals surface area contributed by atoms with Crippen LogP contribution >= 0.6 is 0 Å². The van der Waals surface area contributed by atoms with Gasteiger partial charge in [-0.05, 0) is 26.5 Å². The summed E-state index contributed by atoms with van der Waals surface area (Å²) >= 11 is 0. The number of nitrogens with one attached hydrogen (secondary N) is 1. The number of aromatic nitrogens is 1. The third kappa shape index (κ3) is 3.71. The van der Waals surface area contributed by atoms with Crippen LogP contribution in [0.4, 0.5) is 5.82 Å². The van der Waals surface area contributed by atoms with Crippen molar-refractivity contribution >= 4 is 5.82 Å². The van der Waals surface area contributed by atoms with E-state index in [1.807, 2.05) is 20.0 Å². The van der Waals surface area contributed by atoms with E-state index in [1.165, 1.54) is 5.56 Å². The van der Waals surface area contributed by atoms with Crippen molar-refractivity contribution in [1.29, 1.82) is 5.26 Å². The molecule has 4 nitrogen and oxygen atoms in total. The number of anilines is 1. The molecule has 2 unspecified atom stereocenters. The Hall–Kier alpha value is -1.60. The first kappa shape index (κ1) is 14.5. The van der Waals surface area contributed by atoms with Crippen LogP contribution in [0.15, 0.2) is 18.3 Å². The molecule has 0 fully saturated rings. The van der Waals surface area contributed by atoms with E-state index in [0.717, 1.165) is 12.4 Å². The molecule has 1 heterocycles. The number of nitrogens with zero attached hydrogens (tertiary/aromatic N) is 3. The highest BCUT2D eigenvalue weighted by Gasteiger charge is 2.15. The highest BCUT2D eigenvalue weighted by atomic mass is 15.2. The summed E-state index contributed by atoms with van der Waals surface area (Å²) in [7, 11) is 1.98. The highest BCUT2D eigenvalue weighted by molar-refractivity contribution is 5.47. The van der Waals surface area contributed by atoms with Crippen molar-refractivity contribution < 1.29 is 0 Å². The van der Waals surface area contributed by atoms with E-state index in [0.29, 0.717) is 6.54 Å². The molecule has 0 radical (unpaired) electrons. The smallest absolute Gasteiger partial charge is 0.133 e. The number of pyridine rings is 1. The topological polar surface area (TPSA) is 52.0 Å². The van der Waals surface area contributed by atoms with Crippen LogP contribution in [0.1, 0.15) is 32.4 Å². The van der Waals surface area contributed by atoms with Gasteiger partial charge >= 0.3 is 0 Å². The average molecular weight is 246 g/mol. The molecular weight excluding hydrogens is 224 g/mol. The fraction of sp³-hybridized carbons (Fsp3) is 0.571. The van der Waals surface area contributed by atoms with Gasteiger partial charge in [0.25, 0.3) is 0 Å². The lowest BCUT2D eigenvalue weighted by Gasteiger charge is -2.24. The summed E-state index contributed by atoms with van der Waals surface area (Å²) in [5.41, 5.74) is 1.17. The van der Waals surface area contributed by atoms with Crippen LogP contribution in [0, 0.1) is 17.2 Å². The van der Waals surface area contributed by atoms with E-state index in [9.17, 15) is 0 Å². The molecule has 4 heteroatoms. The van der Waals surface area contributed by atoms with Gasteiger partial charge in [-0.2, -0.15) is 5.26 Å². The van der Waals surface area contributed by atoms with Crippen molar-refractivity contribution in [2.24, 2.45) is 5.92 Å². The SMILES string of the molecule is CCNC(C)c1cccnc1N(C)CC(C)C#N. The summed E-state index contributed by atoms with van der Waals surface area (Å²) in [5.74, 6) is 0.951. The molecule has 0 aliphatic heterocycles. The normalized spacial score (nSPS) is 13.7. The van der Waals surface area contributed by atoms with E-state index in [-0.39, 0.29) is 12.0 Å². The van der Waals surface area contributed by atoms with Crippen LogP contribution in [0.2, 0.25) is 0 Å². The van der Waals surface area contributed by atoms with Gasteiger partial charge in [-0.1, -0.05) is 13.0 Å². The molecule has 1 aromatic heterocycles. The maximum atomic E-state index is 8.88. The molecular formula is C14H22N4. The first-order chi connectivity index (χ1) is 8.60. The fourth-order valence-corrected chi connectivity index (χ4v) is 2.02. The van der Waals surface area contributed by atoms with Gasteiger partial charge in [-0.25, -0.2) is 4.98 Å². The van der Waals surface area contributed by atoms with Crippen LogP contribution in [-0.4, -0.2) is 25.1 Å². The molecule has 1 aromatic rings. The van der Waals surface area contributed by atoms with Gasteiger partial charge in [0.1, 0.15) is 5.82 Å². The van der Waals surface area contributed by atoms with Crippen molar-refractivity contribution in [3.8, 4) is 6.07 Å². The summed E-state index contributed by atoms with van der Waals surface area (Å²) in [5, 5.41) is 12.3. The second-order valence-corrected chi connectivity index (χ2v) is 4.61. The Morgan fingerprint density at radius 3 is 2.83 bits per heavy atom. The quantitative estimate of drug-likeness (QED) is 0.837. The first-order valence-electron chi connectivity index (χ1n) is 6.39. The molecule has 98 valence electrons. The van der Waals surface area contributed by atoms with Crippen molar-refractivity contribution in [3.63, 3.8) is 0 Å². The maximum Gasteiger partial charge on any atom is 0.133 e. The Balaban J connectivity index is 2.91. The molecule has 1 rings (SSSR count). The lowest BCUT2D eigenvalue weighted by molar-refractivity contribution is 0.592. The van der Waals surface area contributed by atoms with Crippen molar-refractivity contribution in [1.82, 2.24) is 10.3 Å². The number of hydrogen-bond donors (Lipinski definition) is 1. The lowest BCUT2D eigenvalue weighted by Crippen LogP contribution is -2.27. The summed E-state index contributed by atoms with van der Waals surface area (Å²) in [4.78, 5) is 6.50. The number of rotatable bonds is 6. The van der Waals surface area contributed by atoms with Crippen LogP contribution in [0.5, 0.6) is 0 Å². The summed E-state index contributed by atoms with van der Waals surface area (Å²) in [6, 6.07) is 6.56. The van der Waals surface area contributed by atoms with E-state index in [4.69, 9.17) is 5.26 Å². The molecule has 0 aliphatic rings. The summed E-state index contributed by atoms with van der Waals surface area (Å²) < 4.78 is 0. The molecule has 0 aliphatic carbocycles. The van der Waals surface area contributed by atoms with Crippen LogP contribution in [0.3, 0.4) is 0 Å². The van der Waals surface area contributed by atoms with Crippen LogP contribution in [-0.2, 0) is 0 Å². The Bertz CT molecular complexity index is 411. The van der Waals surface area contributed by atoms with Crippen molar-refractivity contribution in [3.05, 3.63) is 23.9 Å². The zero-order valence-corrected chi connectivity index (χ0v) is 11.6. The van der Waals surface area contributed by atoms with Gasteiger partial charge in [-0.3, -0.25) is 0 Å². The van der Waals surface area contributed by atoms with Gasteiger partial charge in [0.2, 0.25) is 0 Å².